The van der Waals surface area contributed by atoms with Crippen molar-refractivity contribution in [3.8, 4) is 0 Å². The molecule has 0 saturated carbocycles. The molecule has 31 heavy (non-hydrogen) atoms. The summed E-state index contributed by atoms with van der Waals surface area (Å²) in [5.74, 6) is -1.47. The molecule has 1 unspecified atom stereocenters. The molecule has 1 amide bonds. The second-order valence-electron chi connectivity index (χ2n) is 7.07. The zero-order valence-corrected chi connectivity index (χ0v) is 16.9. The van der Waals surface area contributed by atoms with Crippen molar-refractivity contribution in [3.63, 3.8) is 0 Å². The SMILES string of the molecule is CC(C)OC(=O)CC(NC(=O)c1cc2ccccc2oc1=O)c1ccccc1[N+](=O)[O-]. The molecule has 9 heteroatoms. The molecular weight excluding hydrogens is 404 g/mol. The van der Waals surface area contributed by atoms with Crippen LogP contribution in [0.25, 0.3) is 11.0 Å². The van der Waals surface area contributed by atoms with E-state index in [0.717, 1.165) is 0 Å². The number of nitro groups is 1. The van der Waals surface area contributed by atoms with Crippen molar-refractivity contribution in [1.82, 2.24) is 5.32 Å². The van der Waals surface area contributed by atoms with Gasteiger partial charge in [-0.3, -0.25) is 19.7 Å². The van der Waals surface area contributed by atoms with Gasteiger partial charge in [-0.1, -0.05) is 36.4 Å². The van der Waals surface area contributed by atoms with Gasteiger partial charge < -0.3 is 14.5 Å². The smallest absolute Gasteiger partial charge is 0.349 e. The number of hydrogen-bond acceptors (Lipinski definition) is 7. The molecule has 0 fully saturated rings. The topological polar surface area (TPSA) is 129 Å². The Hall–Kier alpha value is -4.01. The van der Waals surface area contributed by atoms with Gasteiger partial charge in [-0.2, -0.15) is 0 Å². The largest absolute Gasteiger partial charge is 0.463 e. The van der Waals surface area contributed by atoms with Crippen molar-refractivity contribution >= 4 is 28.5 Å². The van der Waals surface area contributed by atoms with Crippen LogP contribution in [0, 0.1) is 10.1 Å². The van der Waals surface area contributed by atoms with Gasteiger partial charge in [0.1, 0.15) is 11.1 Å². The Bertz CT molecular complexity index is 1200. The molecule has 160 valence electrons. The Kier molecular flexibility index (Phi) is 6.44. The fraction of sp³-hybridized carbons (Fsp3) is 0.227. The summed E-state index contributed by atoms with van der Waals surface area (Å²) in [7, 11) is 0. The van der Waals surface area contributed by atoms with Gasteiger partial charge in [0.25, 0.3) is 11.6 Å². The second kappa shape index (κ2) is 9.21. The number of carbonyl (C=O) groups excluding carboxylic acids is 2. The minimum absolute atomic E-state index is 0.117. The maximum atomic E-state index is 12.9. The number of nitrogens with one attached hydrogen (secondary N) is 1. The van der Waals surface area contributed by atoms with Crippen LogP contribution in [0.1, 0.15) is 42.2 Å². The first kappa shape index (κ1) is 21.7. The summed E-state index contributed by atoms with van der Waals surface area (Å²) in [6.45, 7) is 3.33. The summed E-state index contributed by atoms with van der Waals surface area (Å²) in [6, 6.07) is 12.7. The number of ether oxygens (including phenoxy) is 1. The Morgan fingerprint density at radius 2 is 1.81 bits per heavy atom. The maximum absolute atomic E-state index is 12.9. The van der Waals surface area contributed by atoms with Crippen LogP contribution in [0.3, 0.4) is 0 Å². The summed E-state index contributed by atoms with van der Waals surface area (Å²) >= 11 is 0. The van der Waals surface area contributed by atoms with E-state index in [1.54, 1.807) is 44.2 Å². The molecule has 3 aromatic rings. The highest BCUT2D eigenvalue weighted by Crippen LogP contribution is 2.28. The highest BCUT2D eigenvalue weighted by atomic mass is 16.6. The Labute approximate surface area is 176 Å². The summed E-state index contributed by atoms with van der Waals surface area (Å²) < 4.78 is 10.3. The van der Waals surface area contributed by atoms with E-state index in [-0.39, 0.29) is 23.2 Å². The van der Waals surface area contributed by atoms with E-state index in [1.807, 2.05) is 0 Å². The molecule has 0 aliphatic rings. The summed E-state index contributed by atoms with van der Waals surface area (Å²) in [5, 5.41) is 14.5. The van der Waals surface area contributed by atoms with E-state index in [9.17, 15) is 24.5 Å². The van der Waals surface area contributed by atoms with Crippen LogP contribution in [0.5, 0.6) is 0 Å². The molecule has 1 aromatic heterocycles. The minimum Gasteiger partial charge on any atom is -0.463 e. The van der Waals surface area contributed by atoms with Crippen molar-refractivity contribution in [1.29, 1.82) is 0 Å². The molecule has 1 atom stereocenters. The lowest BCUT2D eigenvalue weighted by atomic mass is 10.0. The summed E-state index contributed by atoms with van der Waals surface area (Å²) in [5.41, 5.74) is -0.969. The third kappa shape index (κ3) is 5.13. The molecule has 0 saturated heterocycles. The lowest BCUT2D eigenvalue weighted by Crippen LogP contribution is -2.34. The van der Waals surface area contributed by atoms with Crippen LogP contribution in [0.4, 0.5) is 5.69 Å². The van der Waals surface area contributed by atoms with Crippen LogP contribution in [0.15, 0.2) is 63.8 Å². The third-order valence-electron chi connectivity index (χ3n) is 4.44. The van der Waals surface area contributed by atoms with Gasteiger partial charge in [0, 0.05) is 11.5 Å². The highest BCUT2D eigenvalue weighted by Gasteiger charge is 2.28. The van der Waals surface area contributed by atoms with Crippen LogP contribution in [-0.2, 0) is 9.53 Å². The van der Waals surface area contributed by atoms with Gasteiger partial charge in [0.15, 0.2) is 0 Å². The number of nitrogens with zero attached hydrogens (tertiary/aromatic N) is 1. The van der Waals surface area contributed by atoms with Gasteiger partial charge in [0.2, 0.25) is 0 Å². The maximum Gasteiger partial charge on any atom is 0.349 e. The summed E-state index contributed by atoms with van der Waals surface area (Å²) in [6.07, 6.45) is -0.754. The van der Waals surface area contributed by atoms with Gasteiger partial charge in [-0.25, -0.2) is 4.79 Å². The minimum atomic E-state index is -1.09. The Morgan fingerprint density at radius 3 is 2.52 bits per heavy atom. The number of fused-ring (bicyclic) bond motifs is 1. The first-order chi connectivity index (χ1) is 14.8. The van der Waals surface area contributed by atoms with Crippen molar-refractivity contribution < 1.29 is 23.7 Å². The zero-order chi connectivity index (χ0) is 22.5. The lowest BCUT2D eigenvalue weighted by molar-refractivity contribution is -0.385. The molecule has 1 N–H and O–H groups in total. The fourth-order valence-electron chi connectivity index (χ4n) is 3.12. The summed E-state index contributed by atoms with van der Waals surface area (Å²) in [4.78, 5) is 48.3. The van der Waals surface area contributed by atoms with Crippen LogP contribution in [0.2, 0.25) is 0 Å². The number of rotatable bonds is 7. The molecule has 2 aromatic carbocycles. The molecule has 1 heterocycles. The normalized spacial score (nSPS) is 11.8. The van der Waals surface area contributed by atoms with E-state index < -0.39 is 34.6 Å². The van der Waals surface area contributed by atoms with Crippen LogP contribution < -0.4 is 10.9 Å². The molecular formula is C22H20N2O7. The quantitative estimate of drug-likeness (QED) is 0.266. The number of para-hydroxylation sites is 2. The average molecular weight is 424 g/mol. The van der Waals surface area contributed by atoms with Crippen LogP contribution >= 0.6 is 0 Å². The second-order valence-corrected chi connectivity index (χ2v) is 7.07. The Balaban J connectivity index is 1.97. The van der Waals surface area contributed by atoms with Crippen molar-refractivity contribution in [3.05, 3.63) is 86.3 Å². The van der Waals surface area contributed by atoms with Gasteiger partial charge in [-0.05, 0) is 26.0 Å². The predicted molar refractivity (Wildman–Crippen MR) is 112 cm³/mol. The molecule has 3 rings (SSSR count). The number of esters is 1. The van der Waals surface area contributed by atoms with Gasteiger partial charge >= 0.3 is 11.6 Å². The van der Waals surface area contributed by atoms with Crippen molar-refractivity contribution in [2.75, 3.05) is 0 Å². The molecule has 0 radical (unpaired) electrons. The van der Waals surface area contributed by atoms with E-state index in [1.165, 1.54) is 24.3 Å². The third-order valence-corrected chi connectivity index (χ3v) is 4.44. The number of nitro benzene ring substituents is 1. The molecule has 0 bridgehead atoms. The van der Waals surface area contributed by atoms with Crippen molar-refractivity contribution in [2.45, 2.75) is 32.4 Å². The molecule has 9 nitrogen and oxygen atoms in total. The van der Waals surface area contributed by atoms with E-state index in [2.05, 4.69) is 5.32 Å². The lowest BCUT2D eigenvalue weighted by Gasteiger charge is -2.19. The van der Waals surface area contributed by atoms with Gasteiger partial charge in [-0.15, -0.1) is 0 Å². The zero-order valence-electron chi connectivity index (χ0n) is 16.9. The number of hydrogen-bond donors (Lipinski definition) is 1. The monoisotopic (exact) mass is 424 g/mol. The van der Waals surface area contributed by atoms with Crippen LogP contribution in [-0.4, -0.2) is 22.9 Å². The molecule has 0 spiro atoms. The van der Waals surface area contributed by atoms with E-state index in [4.69, 9.17) is 9.15 Å². The number of carbonyl (C=O) groups is 2. The first-order valence-electron chi connectivity index (χ1n) is 9.53. The fourth-order valence-corrected chi connectivity index (χ4v) is 3.12. The number of benzene rings is 2. The Morgan fingerprint density at radius 1 is 1.13 bits per heavy atom. The number of amides is 1. The average Bonchev–Trinajstić information content (AvgIpc) is 2.72. The highest BCUT2D eigenvalue weighted by molar-refractivity contribution is 5.97. The predicted octanol–water partition coefficient (Wildman–Crippen LogP) is 3.51. The standard InChI is InChI=1S/C22H20N2O7/c1-13(2)30-20(25)12-17(15-8-4-5-9-18(15)24(28)29)23-21(26)16-11-14-7-3-6-10-19(14)31-22(16)27/h3-11,13,17H,12H2,1-2H3,(H,23,26). The molecule has 0 aliphatic carbocycles. The molecule has 0 aliphatic heterocycles. The van der Waals surface area contributed by atoms with Crippen molar-refractivity contribution in [2.24, 2.45) is 0 Å². The van der Waals surface area contributed by atoms with E-state index >= 15 is 0 Å². The first-order valence-corrected chi connectivity index (χ1v) is 9.53. The van der Waals surface area contributed by atoms with Gasteiger partial charge in [0.05, 0.1) is 29.1 Å². The van der Waals surface area contributed by atoms with E-state index in [0.29, 0.717) is 11.0 Å².